The second-order valence-electron chi connectivity index (χ2n) is 8.97. The predicted octanol–water partition coefficient (Wildman–Crippen LogP) is 3.63. The molecular weight excluding hydrogens is 412 g/mol. The number of aromatic nitrogens is 1. The largest absolute Gasteiger partial charge is 0.325 e. The highest BCUT2D eigenvalue weighted by molar-refractivity contribution is 6.07. The maximum absolute atomic E-state index is 13.6. The molecule has 2 aliphatic heterocycles. The molecule has 6 heteroatoms. The van der Waals surface area contributed by atoms with Crippen molar-refractivity contribution in [3.05, 3.63) is 66.0 Å². The van der Waals surface area contributed by atoms with Gasteiger partial charge in [-0.1, -0.05) is 42.3 Å². The molecular formula is C27H32N4O2. The lowest BCUT2D eigenvalue weighted by molar-refractivity contribution is -0.134. The van der Waals surface area contributed by atoms with Gasteiger partial charge in [-0.3, -0.25) is 19.6 Å². The number of pyridine rings is 1. The Morgan fingerprint density at radius 3 is 2.55 bits per heavy atom. The quantitative estimate of drug-likeness (QED) is 0.499. The van der Waals surface area contributed by atoms with Crippen molar-refractivity contribution in [2.75, 3.05) is 19.6 Å². The number of likely N-dealkylation sites (tertiary alicyclic amines) is 1. The van der Waals surface area contributed by atoms with E-state index in [1.54, 1.807) is 13.1 Å². The molecule has 1 aromatic carbocycles. The van der Waals surface area contributed by atoms with Crippen LogP contribution in [0.15, 0.2) is 54.9 Å². The zero-order valence-corrected chi connectivity index (χ0v) is 19.3. The molecule has 1 atom stereocenters. The molecule has 0 saturated carbocycles. The number of benzene rings is 1. The summed E-state index contributed by atoms with van der Waals surface area (Å²) in [5.41, 5.74) is 1.62. The average molecular weight is 445 g/mol. The first-order valence-corrected chi connectivity index (χ1v) is 11.8. The van der Waals surface area contributed by atoms with E-state index in [1.165, 1.54) is 16.0 Å². The van der Waals surface area contributed by atoms with E-state index >= 15 is 0 Å². The highest BCUT2D eigenvalue weighted by Crippen LogP contribution is 2.37. The highest BCUT2D eigenvalue weighted by Gasteiger charge is 2.55. The van der Waals surface area contributed by atoms with E-state index in [2.05, 4.69) is 45.2 Å². The predicted molar refractivity (Wildman–Crippen MR) is 128 cm³/mol. The Hall–Kier alpha value is -3.17. The molecule has 4 rings (SSSR count). The van der Waals surface area contributed by atoms with E-state index in [-0.39, 0.29) is 24.4 Å². The Balaban J connectivity index is 1.46. The van der Waals surface area contributed by atoms with Crippen molar-refractivity contribution < 1.29 is 9.59 Å². The van der Waals surface area contributed by atoms with Gasteiger partial charge in [0.25, 0.3) is 5.91 Å². The molecule has 2 aromatic rings. The number of rotatable bonds is 8. The summed E-state index contributed by atoms with van der Waals surface area (Å²) in [5.74, 6) is 5.71. The number of nitrogens with zero attached hydrogens (tertiary/aromatic N) is 3. The van der Waals surface area contributed by atoms with Gasteiger partial charge in [0, 0.05) is 18.9 Å². The number of aryl methyl sites for hydroxylation is 1. The fraction of sp³-hybridized carbons (Fsp3) is 0.444. The SMILES string of the molecule is CC#CCN1C(=O)N[C@@](CCCc2ccccc2)(C2CCN(Cc3cccnc3)CC2)C1=O. The molecule has 2 fully saturated rings. The minimum absolute atomic E-state index is 0.103. The van der Waals surface area contributed by atoms with E-state index in [0.29, 0.717) is 6.42 Å². The van der Waals surface area contributed by atoms with Crippen LogP contribution < -0.4 is 5.32 Å². The van der Waals surface area contributed by atoms with Gasteiger partial charge in [0.2, 0.25) is 0 Å². The van der Waals surface area contributed by atoms with E-state index in [1.807, 2.05) is 30.5 Å². The van der Waals surface area contributed by atoms with Crippen LogP contribution in [0.5, 0.6) is 0 Å². The van der Waals surface area contributed by atoms with Crippen molar-refractivity contribution >= 4 is 11.9 Å². The lowest BCUT2D eigenvalue weighted by atomic mass is 9.74. The minimum atomic E-state index is -0.832. The first kappa shape index (κ1) is 23.0. The lowest BCUT2D eigenvalue weighted by Crippen LogP contribution is -2.56. The van der Waals surface area contributed by atoms with Gasteiger partial charge >= 0.3 is 6.03 Å². The fourth-order valence-corrected chi connectivity index (χ4v) is 5.15. The second-order valence-corrected chi connectivity index (χ2v) is 8.97. The third-order valence-corrected chi connectivity index (χ3v) is 6.91. The molecule has 33 heavy (non-hydrogen) atoms. The van der Waals surface area contributed by atoms with Crippen LogP contribution in [0.3, 0.4) is 0 Å². The third kappa shape index (κ3) is 5.26. The molecule has 0 radical (unpaired) electrons. The molecule has 3 heterocycles. The van der Waals surface area contributed by atoms with Gasteiger partial charge in [-0.05, 0) is 75.2 Å². The van der Waals surface area contributed by atoms with Gasteiger partial charge in [-0.15, -0.1) is 5.92 Å². The number of amides is 3. The maximum atomic E-state index is 13.6. The van der Waals surface area contributed by atoms with Crippen molar-refractivity contribution in [2.45, 2.75) is 51.1 Å². The zero-order chi connectivity index (χ0) is 23.1. The number of hydrogen-bond acceptors (Lipinski definition) is 4. The second kappa shape index (κ2) is 10.6. The number of hydrogen-bond donors (Lipinski definition) is 1. The van der Waals surface area contributed by atoms with Crippen LogP contribution in [0.4, 0.5) is 4.79 Å². The first-order valence-electron chi connectivity index (χ1n) is 11.8. The van der Waals surface area contributed by atoms with Crippen molar-refractivity contribution in [3.63, 3.8) is 0 Å². The molecule has 0 unspecified atom stereocenters. The fourth-order valence-electron chi connectivity index (χ4n) is 5.15. The molecule has 2 aliphatic rings. The number of urea groups is 1. The summed E-state index contributed by atoms with van der Waals surface area (Å²) in [6, 6.07) is 14.1. The number of carbonyl (C=O) groups is 2. The number of carbonyl (C=O) groups excluding carboxylic acids is 2. The zero-order valence-electron chi connectivity index (χ0n) is 19.3. The molecule has 1 N–H and O–H groups in total. The molecule has 0 aliphatic carbocycles. The molecule has 0 bridgehead atoms. The van der Waals surface area contributed by atoms with Crippen molar-refractivity contribution in [2.24, 2.45) is 5.92 Å². The van der Waals surface area contributed by atoms with E-state index in [4.69, 9.17) is 0 Å². The summed E-state index contributed by atoms with van der Waals surface area (Å²) in [5, 5.41) is 3.14. The Bertz CT molecular complexity index is 1010. The summed E-state index contributed by atoms with van der Waals surface area (Å²) in [4.78, 5) is 34.3. The molecule has 1 aromatic heterocycles. The Kier molecular flexibility index (Phi) is 7.41. The first-order chi connectivity index (χ1) is 16.1. The van der Waals surface area contributed by atoms with Crippen LogP contribution in [-0.4, -0.2) is 51.9 Å². The number of piperidine rings is 1. The summed E-state index contributed by atoms with van der Waals surface area (Å²) in [7, 11) is 0. The monoisotopic (exact) mass is 444 g/mol. The molecule has 2 saturated heterocycles. The van der Waals surface area contributed by atoms with E-state index in [9.17, 15) is 9.59 Å². The van der Waals surface area contributed by atoms with Crippen molar-refractivity contribution in [1.82, 2.24) is 20.1 Å². The molecule has 172 valence electrons. The summed E-state index contributed by atoms with van der Waals surface area (Å²) < 4.78 is 0. The van der Waals surface area contributed by atoms with Gasteiger partial charge in [-0.25, -0.2) is 4.79 Å². The van der Waals surface area contributed by atoms with E-state index < -0.39 is 5.54 Å². The van der Waals surface area contributed by atoms with Gasteiger partial charge in [0.15, 0.2) is 0 Å². The average Bonchev–Trinajstić information content (AvgIpc) is 3.09. The Morgan fingerprint density at radius 2 is 1.85 bits per heavy atom. The summed E-state index contributed by atoms with van der Waals surface area (Å²) in [6.07, 6.45) is 7.84. The van der Waals surface area contributed by atoms with Crippen LogP contribution in [0.25, 0.3) is 0 Å². The Labute approximate surface area is 196 Å². The lowest BCUT2D eigenvalue weighted by Gasteiger charge is -2.41. The molecule has 6 nitrogen and oxygen atoms in total. The standard InChI is InChI=1S/C27H32N4O2/c1-2-3-17-31-25(32)27(29-26(31)33,15-7-11-22-9-5-4-6-10-22)24-13-18-30(19-14-24)21-23-12-8-16-28-20-23/h4-6,8-10,12,16,20,24H,7,11,13-15,17-19,21H2,1H3,(H,29,33)/t27-/m0/s1. The van der Waals surface area contributed by atoms with Crippen molar-refractivity contribution in [1.29, 1.82) is 0 Å². The van der Waals surface area contributed by atoms with Gasteiger partial charge in [0.1, 0.15) is 5.54 Å². The third-order valence-electron chi connectivity index (χ3n) is 6.91. The Morgan fingerprint density at radius 1 is 1.09 bits per heavy atom. The van der Waals surface area contributed by atoms with Crippen LogP contribution in [0, 0.1) is 17.8 Å². The van der Waals surface area contributed by atoms with Crippen LogP contribution in [0.2, 0.25) is 0 Å². The maximum Gasteiger partial charge on any atom is 0.325 e. The van der Waals surface area contributed by atoms with Crippen LogP contribution in [0.1, 0.15) is 43.7 Å². The molecule has 3 amide bonds. The van der Waals surface area contributed by atoms with Gasteiger partial charge < -0.3 is 5.32 Å². The van der Waals surface area contributed by atoms with Gasteiger partial charge in [-0.2, -0.15) is 0 Å². The number of imide groups is 1. The topological polar surface area (TPSA) is 65.5 Å². The normalized spacial score (nSPS) is 21.5. The summed E-state index contributed by atoms with van der Waals surface area (Å²) >= 11 is 0. The van der Waals surface area contributed by atoms with Gasteiger partial charge in [0.05, 0.1) is 6.54 Å². The summed E-state index contributed by atoms with van der Waals surface area (Å²) in [6.45, 7) is 4.54. The minimum Gasteiger partial charge on any atom is -0.323 e. The highest BCUT2D eigenvalue weighted by atomic mass is 16.2. The van der Waals surface area contributed by atoms with Crippen LogP contribution in [-0.2, 0) is 17.8 Å². The van der Waals surface area contributed by atoms with Crippen molar-refractivity contribution in [3.8, 4) is 11.8 Å². The van der Waals surface area contributed by atoms with Crippen LogP contribution >= 0.6 is 0 Å². The van der Waals surface area contributed by atoms with E-state index in [0.717, 1.165) is 45.3 Å². The number of nitrogens with one attached hydrogen (secondary N) is 1. The smallest absolute Gasteiger partial charge is 0.323 e. The molecule has 0 spiro atoms.